The molecule has 1 heterocycles. The fourth-order valence-electron chi connectivity index (χ4n) is 4.75. The Morgan fingerprint density at radius 1 is 0.939 bits per heavy atom. The fraction of sp³-hybridized carbons (Fsp3) is 0.360. The van der Waals surface area contributed by atoms with Gasteiger partial charge in [0.05, 0.1) is 21.9 Å². The Morgan fingerprint density at radius 2 is 1.55 bits per heavy atom. The van der Waals surface area contributed by atoms with Gasteiger partial charge in [0.25, 0.3) is 17.7 Å². The molecule has 6 nitrogen and oxygen atoms in total. The van der Waals surface area contributed by atoms with Crippen molar-refractivity contribution in [2.45, 2.75) is 45.1 Å². The predicted molar refractivity (Wildman–Crippen MR) is 125 cm³/mol. The molecule has 0 aromatic heterocycles. The van der Waals surface area contributed by atoms with Crippen LogP contribution in [0.3, 0.4) is 0 Å². The topological polar surface area (TPSA) is 74.8 Å². The lowest BCUT2D eigenvalue weighted by Crippen LogP contribution is -2.57. The van der Waals surface area contributed by atoms with Crippen molar-refractivity contribution >= 4 is 46.7 Å². The average Bonchev–Trinajstić information content (AvgIpc) is 3.09. The van der Waals surface area contributed by atoms with E-state index >= 15 is 0 Å². The summed E-state index contributed by atoms with van der Waals surface area (Å²) in [6.07, 6.45) is 3.13. The second kappa shape index (κ2) is 9.65. The molecule has 1 aliphatic heterocycles. The second-order valence-electron chi connectivity index (χ2n) is 8.42. The first-order valence-electron chi connectivity index (χ1n) is 11.1. The highest BCUT2D eigenvalue weighted by molar-refractivity contribution is 6.42. The lowest BCUT2D eigenvalue weighted by molar-refractivity contribution is -0.156. The number of nitrogens with zero attached hydrogens (tertiary/aromatic N) is 2. The number of imide groups is 1. The maximum atomic E-state index is 13.8. The molecular formula is C25H24Cl2N2O4. The summed E-state index contributed by atoms with van der Waals surface area (Å²) in [5, 5.41) is 2.42. The van der Waals surface area contributed by atoms with E-state index in [1.54, 1.807) is 37.3 Å². The highest BCUT2D eigenvalue weighted by Gasteiger charge is 2.53. The zero-order chi connectivity index (χ0) is 23.7. The van der Waals surface area contributed by atoms with E-state index in [0.717, 1.165) is 22.9 Å². The van der Waals surface area contributed by atoms with Crippen molar-refractivity contribution in [3.63, 3.8) is 0 Å². The van der Waals surface area contributed by atoms with E-state index in [1.807, 2.05) is 0 Å². The minimum absolute atomic E-state index is 0.138. The van der Waals surface area contributed by atoms with Gasteiger partial charge in [-0.1, -0.05) is 73.3 Å². The zero-order valence-corrected chi connectivity index (χ0v) is 19.7. The van der Waals surface area contributed by atoms with Gasteiger partial charge in [-0.25, -0.2) is 5.01 Å². The largest absolute Gasteiger partial charge is 0.292 e. The van der Waals surface area contributed by atoms with Crippen LogP contribution >= 0.6 is 23.2 Å². The number of amides is 3. The molecule has 0 N–H and O–H groups in total. The summed E-state index contributed by atoms with van der Waals surface area (Å²) in [6, 6.07) is 11.8. The Hall–Kier alpha value is -2.70. The van der Waals surface area contributed by atoms with Gasteiger partial charge in [0.1, 0.15) is 6.04 Å². The van der Waals surface area contributed by atoms with E-state index in [9.17, 15) is 19.2 Å². The maximum absolute atomic E-state index is 13.8. The third kappa shape index (κ3) is 4.30. The number of fused-ring (bicyclic) bond motifs is 1. The van der Waals surface area contributed by atoms with Crippen LogP contribution in [0, 0.1) is 11.8 Å². The number of rotatable bonds is 6. The smallest absolute Gasteiger partial charge is 0.273 e. The van der Waals surface area contributed by atoms with Crippen LogP contribution in [0.25, 0.3) is 0 Å². The highest BCUT2D eigenvalue weighted by Crippen LogP contribution is 2.40. The van der Waals surface area contributed by atoms with E-state index in [1.165, 1.54) is 18.2 Å². The van der Waals surface area contributed by atoms with E-state index < -0.39 is 35.6 Å². The molecule has 1 saturated heterocycles. The maximum Gasteiger partial charge on any atom is 0.273 e. The van der Waals surface area contributed by atoms with Crippen LogP contribution in [-0.4, -0.2) is 39.6 Å². The van der Waals surface area contributed by atoms with Crippen LogP contribution < -0.4 is 0 Å². The standard InChI is InChI=1S/C25H24Cl2N2O4/c1-2-21(22(30)15-8-4-3-5-9-15)28(23(31)16-12-13-19(26)20(27)14-16)29-24(32)17-10-6-7-11-18(17)25(29)33/h3-5,8-9,12-14,17-18,21H,2,6-7,10-11H2,1H3/t17-,18-,21+/m0/s1. The van der Waals surface area contributed by atoms with Crippen LogP contribution in [0.15, 0.2) is 48.5 Å². The second-order valence-corrected chi connectivity index (χ2v) is 9.23. The average molecular weight is 487 g/mol. The van der Waals surface area contributed by atoms with Crippen LogP contribution in [0.4, 0.5) is 0 Å². The van der Waals surface area contributed by atoms with Crippen LogP contribution in [0.2, 0.25) is 10.0 Å². The third-order valence-corrected chi connectivity index (χ3v) is 7.19. The molecule has 8 heteroatoms. The minimum Gasteiger partial charge on any atom is -0.292 e. The molecule has 172 valence electrons. The van der Waals surface area contributed by atoms with Gasteiger partial charge in [0.2, 0.25) is 0 Å². The van der Waals surface area contributed by atoms with Crippen LogP contribution in [-0.2, 0) is 9.59 Å². The molecule has 2 fully saturated rings. The molecule has 0 bridgehead atoms. The molecule has 33 heavy (non-hydrogen) atoms. The van der Waals surface area contributed by atoms with Crippen LogP contribution in [0.1, 0.15) is 59.7 Å². The summed E-state index contributed by atoms with van der Waals surface area (Å²) in [5.74, 6) is -2.75. The van der Waals surface area contributed by atoms with Crippen molar-refractivity contribution < 1.29 is 19.2 Å². The van der Waals surface area contributed by atoms with Gasteiger partial charge < -0.3 is 0 Å². The number of ketones is 1. The van der Waals surface area contributed by atoms with E-state index in [-0.39, 0.29) is 27.8 Å². The van der Waals surface area contributed by atoms with Crippen LogP contribution in [0.5, 0.6) is 0 Å². The van der Waals surface area contributed by atoms with E-state index in [4.69, 9.17) is 23.2 Å². The molecular weight excluding hydrogens is 463 g/mol. The van der Waals surface area contributed by atoms with Gasteiger partial charge in [0, 0.05) is 11.1 Å². The Bertz CT molecular complexity index is 1080. The van der Waals surface area contributed by atoms with Gasteiger partial charge in [-0.3, -0.25) is 19.2 Å². The number of hydrogen-bond donors (Lipinski definition) is 0. The summed E-state index contributed by atoms with van der Waals surface area (Å²) in [5.41, 5.74) is 0.534. The Morgan fingerprint density at radius 3 is 2.09 bits per heavy atom. The monoisotopic (exact) mass is 486 g/mol. The number of carbonyl (C=O) groups is 4. The molecule has 2 aliphatic rings. The molecule has 3 amide bonds. The number of carbonyl (C=O) groups excluding carboxylic acids is 4. The number of hydrogen-bond acceptors (Lipinski definition) is 4. The van der Waals surface area contributed by atoms with Gasteiger partial charge in [0.15, 0.2) is 5.78 Å². The van der Waals surface area contributed by atoms with Crippen molar-refractivity contribution in [2.75, 3.05) is 0 Å². The van der Waals surface area contributed by atoms with Gasteiger partial charge >= 0.3 is 0 Å². The summed E-state index contributed by atoms with van der Waals surface area (Å²) < 4.78 is 0. The van der Waals surface area contributed by atoms with Gasteiger partial charge in [-0.05, 0) is 37.5 Å². The fourth-order valence-corrected chi connectivity index (χ4v) is 5.05. The van der Waals surface area contributed by atoms with Crippen molar-refractivity contribution in [3.8, 4) is 0 Å². The lowest BCUT2D eigenvalue weighted by Gasteiger charge is -2.36. The number of benzene rings is 2. The quantitative estimate of drug-likeness (QED) is 0.415. The molecule has 2 aromatic rings. The molecule has 3 atom stereocenters. The third-order valence-electron chi connectivity index (χ3n) is 6.45. The van der Waals surface area contributed by atoms with E-state index in [2.05, 4.69) is 0 Å². The molecule has 1 saturated carbocycles. The van der Waals surface area contributed by atoms with Gasteiger partial charge in [-0.2, -0.15) is 5.01 Å². The number of Topliss-reactive ketones (excluding diaryl/α,β-unsaturated/α-hetero) is 1. The normalized spacial score (nSPS) is 21.0. The number of hydrazine groups is 1. The summed E-state index contributed by atoms with van der Waals surface area (Å²) >= 11 is 12.1. The Kier molecular flexibility index (Phi) is 6.86. The molecule has 2 aromatic carbocycles. The summed E-state index contributed by atoms with van der Waals surface area (Å²) in [4.78, 5) is 54.0. The van der Waals surface area contributed by atoms with Gasteiger partial charge in [-0.15, -0.1) is 0 Å². The van der Waals surface area contributed by atoms with Crippen molar-refractivity contribution in [2.24, 2.45) is 11.8 Å². The lowest BCUT2D eigenvalue weighted by atomic mass is 9.81. The molecule has 1 aliphatic carbocycles. The van der Waals surface area contributed by atoms with E-state index in [0.29, 0.717) is 18.4 Å². The Balaban J connectivity index is 1.80. The summed E-state index contributed by atoms with van der Waals surface area (Å²) in [7, 11) is 0. The van der Waals surface area contributed by atoms with Crippen molar-refractivity contribution in [1.29, 1.82) is 0 Å². The summed E-state index contributed by atoms with van der Waals surface area (Å²) in [6.45, 7) is 1.75. The highest BCUT2D eigenvalue weighted by atomic mass is 35.5. The van der Waals surface area contributed by atoms with Crippen molar-refractivity contribution in [1.82, 2.24) is 10.0 Å². The predicted octanol–water partition coefficient (Wildman–Crippen LogP) is 5.19. The minimum atomic E-state index is -1.04. The molecule has 4 rings (SSSR count). The number of halogens is 2. The molecule has 0 radical (unpaired) electrons. The first kappa shape index (κ1) is 23.5. The molecule has 0 unspecified atom stereocenters. The zero-order valence-electron chi connectivity index (χ0n) is 18.2. The first-order chi connectivity index (χ1) is 15.8. The first-order valence-corrected chi connectivity index (χ1v) is 11.9. The Labute approximate surface area is 202 Å². The SMILES string of the molecule is CC[C@H](C(=O)c1ccccc1)N(C(=O)c1ccc(Cl)c(Cl)c1)N1C(=O)[C@H]2CCCC[C@@H]2C1=O. The van der Waals surface area contributed by atoms with Crippen molar-refractivity contribution in [3.05, 3.63) is 69.7 Å². The molecule has 0 spiro atoms.